The molecule has 1 aromatic rings. The van der Waals surface area contributed by atoms with Crippen molar-refractivity contribution in [2.24, 2.45) is 11.8 Å². The van der Waals surface area contributed by atoms with Crippen molar-refractivity contribution in [3.8, 4) is 0 Å². The zero-order chi connectivity index (χ0) is 14.5. The number of hydrogen-bond donors (Lipinski definition) is 2. The average Bonchev–Trinajstić information content (AvgIpc) is 2.82. The lowest BCUT2D eigenvalue weighted by molar-refractivity contribution is 0.0947. The summed E-state index contributed by atoms with van der Waals surface area (Å²) in [4.78, 5) is 14.5. The highest BCUT2D eigenvalue weighted by atomic mass is 35.5. The fourth-order valence-electron chi connectivity index (χ4n) is 2.78. The van der Waals surface area contributed by atoms with Gasteiger partial charge in [0.05, 0.1) is 0 Å². The third-order valence-electron chi connectivity index (χ3n) is 3.69. The van der Waals surface area contributed by atoms with Gasteiger partial charge in [0, 0.05) is 30.9 Å². The number of halogens is 2. The molecule has 1 aromatic carbocycles. The van der Waals surface area contributed by atoms with Gasteiger partial charge in [0.1, 0.15) is 0 Å². The molecule has 1 aliphatic heterocycles. The normalized spacial score (nSPS) is 17.7. The molecule has 2 rings (SSSR count). The van der Waals surface area contributed by atoms with Gasteiger partial charge in [-0.25, -0.2) is 0 Å². The van der Waals surface area contributed by atoms with Gasteiger partial charge in [-0.05, 0) is 43.0 Å². The van der Waals surface area contributed by atoms with Crippen LogP contribution in [-0.4, -0.2) is 37.0 Å². The number of hydrogen-bond acceptors (Lipinski definition) is 3. The summed E-state index contributed by atoms with van der Waals surface area (Å²) in [5.74, 6) is 1.24. The summed E-state index contributed by atoms with van der Waals surface area (Å²) >= 11 is 0. The summed E-state index contributed by atoms with van der Waals surface area (Å²) < 4.78 is 0. The summed E-state index contributed by atoms with van der Waals surface area (Å²) in [5, 5.41) is 3.02. The van der Waals surface area contributed by atoms with Gasteiger partial charge in [0.25, 0.3) is 5.91 Å². The monoisotopic (exact) mass is 347 g/mol. The SMILES string of the molecule is CC(C)CN1CCC(CNC(=O)c2cccc(N)c2)C1.Cl.Cl. The van der Waals surface area contributed by atoms with Crippen molar-refractivity contribution in [2.45, 2.75) is 20.3 Å². The Morgan fingerprint density at radius 3 is 2.77 bits per heavy atom. The Bertz CT molecular complexity index is 468. The number of amides is 1. The zero-order valence-electron chi connectivity index (χ0n) is 13.2. The number of nitrogens with one attached hydrogen (secondary N) is 1. The fourth-order valence-corrected chi connectivity index (χ4v) is 2.78. The summed E-state index contributed by atoms with van der Waals surface area (Å²) in [7, 11) is 0. The molecular weight excluding hydrogens is 321 g/mol. The molecule has 0 bridgehead atoms. The highest BCUT2D eigenvalue weighted by Gasteiger charge is 2.23. The third-order valence-corrected chi connectivity index (χ3v) is 3.69. The standard InChI is InChI=1S/C16H25N3O.2ClH/c1-12(2)10-19-7-6-13(11-19)9-18-16(20)14-4-3-5-15(17)8-14;;/h3-5,8,12-13H,6-7,9-11,17H2,1-2H3,(H,18,20);2*1H. The first kappa shape index (κ1) is 21.0. The predicted molar refractivity (Wildman–Crippen MR) is 97.1 cm³/mol. The first-order valence-electron chi connectivity index (χ1n) is 7.40. The Morgan fingerprint density at radius 2 is 2.14 bits per heavy atom. The van der Waals surface area contributed by atoms with Gasteiger partial charge >= 0.3 is 0 Å². The van der Waals surface area contributed by atoms with Gasteiger partial charge in [0.2, 0.25) is 0 Å². The Kier molecular flexibility index (Phi) is 9.49. The van der Waals surface area contributed by atoms with Crippen LogP contribution in [0.1, 0.15) is 30.6 Å². The fraction of sp³-hybridized carbons (Fsp3) is 0.562. The molecule has 3 N–H and O–H groups in total. The number of carbonyl (C=O) groups excluding carboxylic acids is 1. The number of nitrogens with two attached hydrogens (primary N) is 1. The van der Waals surface area contributed by atoms with Crippen LogP contribution in [0.3, 0.4) is 0 Å². The molecule has 0 radical (unpaired) electrons. The molecule has 0 aromatic heterocycles. The zero-order valence-corrected chi connectivity index (χ0v) is 14.9. The van der Waals surface area contributed by atoms with E-state index in [-0.39, 0.29) is 30.7 Å². The van der Waals surface area contributed by atoms with E-state index >= 15 is 0 Å². The second-order valence-corrected chi connectivity index (χ2v) is 6.14. The van der Waals surface area contributed by atoms with Crippen molar-refractivity contribution in [3.63, 3.8) is 0 Å². The highest BCUT2D eigenvalue weighted by molar-refractivity contribution is 5.94. The minimum absolute atomic E-state index is 0. The number of carbonyl (C=O) groups is 1. The number of anilines is 1. The van der Waals surface area contributed by atoms with Crippen LogP contribution in [0.5, 0.6) is 0 Å². The highest BCUT2D eigenvalue weighted by Crippen LogP contribution is 2.17. The minimum atomic E-state index is -0.0281. The minimum Gasteiger partial charge on any atom is -0.399 e. The number of nitrogen functional groups attached to an aromatic ring is 1. The molecular formula is C16H27Cl2N3O. The first-order chi connectivity index (χ1) is 9.54. The van der Waals surface area contributed by atoms with Crippen LogP contribution in [0.15, 0.2) is 24.3 Å². The molecule has 1 heterocycles. The predicted octanol–water partition coefficient (Wildman–Crippen LogP) is 2.82. The van der Waals surface area contributed by atoms with Crippen molar-refractivity contribution < 1.29 is 4.79 Å². The maximum atomic E-state index is 12.0. The van der Waals surface area contributed by atoms with E-state index in [1.807, 2.05) is 6.07 Å². The Hall–Kier alpha value is -0.970. The van der Waals surface area contributed by atoms with Crippen LogP contribution >= 0.6 is 24.8 Å². The lowest BCUT2D eigenvalue weighted by atomic mass is 10.1. The Balaban J connectivity index is 0.00000220. The number of benzene rings is 1. The number of nitrogens with zero attached hydrogens (tertiary/aromatic N) is 1. The second-order valence-electron chi connectivity index (χ2n) is 6.14. The summed E-state index contributed by atoms with van der Waals surface area (Å²) in [5.41, 5.74) is 6.96. The van der Waals surface area contributed by atoms with Crippen molar-refractivity contribution in [2.75, 3.05) is 31.9 Å². The van der Waals surface area contributed by atoms with Gasteiger partial charge in [-0.3, -0.25) is 4.79 Å². The molecule has 1 amide bonds. The maximum Gasteiger partial charge on any atom is 0.251 e. The second kappa shape index (κ2) is 9.93. The van der Waals surface area contributed by atoms with E-state index < -0.39 is 0 Å². The summed E-state index contributed by atoms with van der Waals surface area (Å²) in [6.07, 6.45) is 1.17. The van der Waals surface area contributed by atoms with Crippen LogP contribution in [0.25, 0.3) is 0 Å². The molecule has 6 heteroatoms. The molecule has 22 heavy (non-hydrogen) atoms. The van der Waals surface area contributed by atoms with Crippen LogP contribution in [0.2, 0.25) is 0 Å². The van der Waals surface area contributed by atoms with Gasteiger partial charge in [-0.15, -0.1) is 24.8 Å². The Morgan fingerprint density at radius 1 is 1.41 bits per heavy atom. The van der Waals surface area contributed by atoms with Crippen molar-refractivity contribution in [1.82, 2.24) is 10.2 Å². The molecule has 0 spiro atoms. The molecule has 1 saturated heterocycles. The van der Waals surface area contributed by atoms with E-state index in [1.165, 1.54) is 6.42 Å². The van der Waals surface area contributed by atoms with E-state index in [0.717, 1.165) is 26.2 Å². The molecule has 1 unspecified atom stereocenters. The third kappa shape index (κ3) is 6.42. The topological polar surface area (TPSA) is 58.4 Å². The van der Waals surface area contributed by atoms with Crippen molar-refractivity contribution in [1.29, 1.82) is 0 Å². The lowest BCUT2D eigenvalue weighted by Crippen LogP contribution is -2.31. The van der Waals surface area contributed by atoms with Crippen LogP contribution in [0, 0.1) is 11.8 Å². The van der Waals surface area contributed by atoms with E-state index in [2.05, 4.69) is 24.1 Å². The first-order valence-corrected chi connectivity index (χ1v) is 7.40. The molecule has 0 aliphatic carbocycles. The van der Waals surface area contributed by atoms with Gasteiger partial charge in [0.15, 0.2) is 0 Å². The quantitative estimate of drug-likeness (QED) is 0.805. The van der Waals surface area contributed by atoms with E-state index in [4.69, 9.17) is 5.73 Å². The van der Waals surface area contributed by atoms with E-state index in [1.54, 1.807) is 18.2 Å². The van der Waals surface area contributed by atoms with Crippen LogP contribution in [0.4, 0.5) is 5.69 Å². The smallest absolute Gasteiger partial charge is 0.251 e. The molecule has 1 fully saturated rings. The van der Waals surface area contributed by atoms with Crippen LogP contribution in [-0.2, 0) is 0 Å². The number of rotatable bonds is 5. The lowest BCUT2D eigenvalue weighted by Gasteiger charge is -2.18. The molecule has 1 aliphatic rings. The van der Waals surface area contributed by atoms with Crippen molar-refractivity contribution in [3.05, 3.63) is 29.8 Å². The van der Waals surface area contributed by atoms with E-state index in [0.29, 0.717) is 23.1 Å². The largest absolute Gasteiger partial charge is 0.399 e. The molecule has 4 nitrogen and oxygen atoms in total. The molecule has 0 saturated carbocycles. The van der Waals surface area contributed by atoms with Crippen LogP contribution < -0.4 is 11.1 Å². The average molecular weight is 348 g/mol. The van der Waals surface area contributed by atoms with Gasteiger partial charge in [-0.2, -0.15) is 0 Å². The van der Waals surface area contributed by atoms with Gasteiger partial charge in [-0.1, -0.05) is 19.9 Å². The Labute approximate surface area is 145 Å². The molecule has 1 atom stereocenters. The number of likely N-dealkylation sites (tertiary alicyclic amines) is 1. The summed E-state index contributed by atoms with van der Waals surface area (Å²) in [6.45, 7) is 8.64. The molecule has 126 valence electrons. The van der Waals surface area contributed by atoms with Crippen molar-refractivity contribution >= 4 is 36.4 Å². The van der Waals surface area contributed by atoms with E-state index in [9.17, 15) is 4.79 Å². The van der Waals surface area contributed by atoms with Gasteiger partial charge < -0.3 is 16.0 Å². The summed E-state index contributed by atoms with van der Waals surface area (Å²) in [6, 6.07) is 7.11. The maximum absolute atomic E-state index is 12.0.